The molecule has 1 aromatic rings. The molecule has 0 saturated carbocycles. The van der Waals surface area contributed by atoms with Crippen molar-refractivity contribution in [3.05, 3.63) is 36.9 Å². The summed E-state index contributed by atoms with van der Waals surface area (Å²) >= 11 is 1.01. The molecule has 0 radical (unpaired) electrons. The van der Waals surface area contributed by atoms with E-state index in [1.54, 1.807) is 24.3 Å². The van der Waals surface area contributed by atoms with E-state index in [0.717, 1.165) is 16.7 Å². The van der Waals surface area contributed by atoms with Crippen molar-refractivity contribution < 1.29 is 13.2 Å². The van der Waals surface area contributed by atoms with Crippen molar-refractivity contribution in [2.75, 3.05) is 16.8 Å². The molecule has 100 valence electrons. The average molecular weight is 296 g/mol. The van der Waals surface area contributed by atoms with E-state index in [4.69, 9.17) is 5.26 Å². The second-order valence-electron chi connectivity index (χ2n) is 3.61. The van der Waals surface area contributed by atoms with Crippen molar-refractivity contribution in [1.29, 1.82) is 5.26 Å². The second kappa shape index (κ2) is 6.97. The molecule has 0 atom stereocenters. The SMILES string of the molecule is C=CCS(=O)(=O)CC(=O)Nc1ccc(SC#N)cc1. The number of carbonyl (C=O) groups is 1. The second-order valence-corrected chi connectivity index (χ2v) is 6.58. The first-order chi connectivity index (χ1) is 8.96. The lowest BCUT2D eigenvalue weighted by atomic mass is 10.3. The summed E-state index contributed by atoms with van der Waals surface area (Å²) in [5.74, 6) is -1.39. The minimum atomic E-state index is -3.45. The van der Waals surface area contributed by atoms with E-state index >= 15 is 0 Å². The molecule has 7 heteroatoms. The van der Waals surface area contributed by atoms with E-state index in [0.29, 0.717) is 5.69 Å². The number of thioether (sulfide) groups is 1. The number of nitrogens with one attached hydrogen (secondary N) is 1. The van der Waals surface area contributed by atoms with Crippen LogP contribution in [0.4, 0.5) is 5.69 Å². The lowest BCUT2D eigenvalue weighted by Crippen LogP contribution is -2.24. The summed E-state index contributed by atoms with van der Waals surface area (Å²) in [7, 11) is -3.45. The van der Waals surface area contributed by atoms with Gasteiger partial charge < -0.3 is 5.32 Å². The Morgan fingerprint density at radius 1 is 1.42 bits per heavy atom. The molecule has 1 amide bonds. The summed E-state index contributed by atoms with van der Waals surface area (Å²) in [5, 5.41) is 12.9. The van der Waals surface area contributed by atoms with Crippen molar-refractivity contribution in [2.45, 2.75) is 4.90 Å². The molecule has 5 nitrogen and oxygen atoms in total. The highest BCUT2D eigenvalue weighted by Gasteiger charge is 2.14. The predicted molar refractivity (Wildman–Crippen MR) is 75.4 cm³/mol. The van der Waals surface area contributed by atoms with E-state index in [9.17, 15) is 13.2 Å². The molecule has 0 spiro atoms. The zero-order valence-electron chi connectivity index (χ0n) is 10.00. The molecule has 1 aromatic carbocycles. The highest BCUT2D eigenvalue weighted by Crippen LogP contribution is 2.18. The maximum absolute atomic E-state index is 11.5. The van der Waals surface area contributed by atoms with Gasteiger partial charge in [0.05, 0.1) is 5.75 Å². The van der Waals surface area contributed by atoms with Crippen LogP contribution in [0.15, 0.2) is 41.8 Å². The topological polar surface area (TPSA) is 87.0 Å². The normalized spacial score (nSPS) is 10.5. The number of nitriles is 1. The van der Waals surface area contributed by atoms with Gasteiger partial charge in [-0.15, -0.1) is 6.58 Å². The van der Waals surface area contributed by atoms with Gasteiger partial charge in [-0.2, -0.15) is 5.26 Å². The van der Waals surface area contributed by atoms with E-state index in [1.807, 2.05) is 5.40 Å². The molecule has 0 heterocycles. The monoisotopic (exact) mass is 296 g/mol. The fourth-order valence-corrected chi connectivity index (χ4v) is 2.62. The minimum absolute atomic E-state index is 0.224. The Kier molecular flexibility index (Phi) is 5.60. The molecule has 0 bridgehead atoms. The third kappa shape index (κ3) is 5.59. The van der Waals surface area contributed by atoms with Crippen LogP contribution < -0.4 is 5.32 Å². The molecular weight excluding hydrogens is 284 g/mol. The Morgan fingerprint density at radius 2 is 2.05 bits per heavy atom. The summed E-state index contributed by atoms with van der Waals surface area (Å²) in [5.41, 5.74) is 0.487. The van der Waals surface area contributed by atoms with Crippen LogP contribution in [0.3, 0.4) is 0 Å². The van der Waals surface area contributed by atoms with Gasteiger partial charge in [0.2, 0.25) is 5.91 Å². The van der Waals surface area contributed by atoms with Crippen LogP contribution in [0.5, 0.6) is 0 Å². The van der Waals surface area contributed by atoms with Gasteiger partial charge in [0.25, 0.3) is 0 Å². The molecule has 0 fully saturated rings. The van der Waals surface area contributed by atoms with Gasteiger partial charge in [0, 0.05) is 10.6 Å². The van der Waals surface area contributed by atoms with E-state index in [2.05, 4.69) is 11.9 Å². The van der Waals surface area contributed by atoms with E-state index < -0.39 is 21.5 Å². The fourth-order valence-electron chi connectivity index (χ4n) is 1.29. The summed E-state index contributed by atoms with van der Waals surface area (Å²) in [6, 6.07) is 6.55. The largest absolute Gasteiger partial charge is 0.325 e. The Balaban J connectivity index is 2.62. The van der Waals surface area contributed by atoms with E-state index in [1.165, 1.54) is 6.08 Å². The Labute approximate surface area is 116 Å². The molecule has 0 saturated heterocycles. The Bertz CT molecular complexity index is 601. The molecular formula is C12H12N2O3S2. The van der Waals surface area contributed by atoms with Crippen molar-refractivity contribution >= 4 is 33.2 Å². The van der Waals surface area contributed by atoms with Crippen LogP contribution >= 0.6 is 11.8 Å². The third-order valence-electron chi connectivity index (χ3n) is 2.02. The summed E-state index contributed by atoms with van der Waals surface area (Å²) in [4.78, 5) is 12.3. The lowest BCUT2D eigenvalue weighted by molar-refractivity contribution is -0.113. The van der Waals surface area contributed by atoms with Gasteiger partial charge in [-0.3, -0.25) is 4.79 Å². The Hall–Kier alpha value is -1.78. The summed E-state index contributed by atoms with van der Waals surface area (Å²) in [6.07, 6.45) is 1.25. The van der Waals surface area contributed by atoms with Gasteiger partial charge in [-0.25, -0.2) is 8.42 Å². The van der Waals surface area contributed by atoms with Crippen LogP contribution in [0.2, 0.25) is 0 Å². The molecule has 1 rings (SSSR count). The van der Waals surface area contributed by atoms with Crippen molar-refractivity contribution in [2.24, 2.45) is 0 Å². The first-order valence-electron chi connectivity index (χ1n) is 5.24. The number of nitrogens with zero attached hydrogens (tertiary/aromatic N) is 1. The molecule has 0 aliphatic rings. The Morgan fingerprint density at radius 3 is 2.58 bits per heavy atom. The number of benzene rings is 1. The third-order valence-corrected chi connectivity index (χ3v) is 4.07. The van der Waals surface area contributed by atoms with Gasteiger partial charge in [0.1, 0.15) is 11.2 Å². The van der Waals surface area contributed by atoms with Gasteiger partial charge in [0.15, 0.2) is 9.84 Å². The molecule has 0 unspecified atom stereocenters. The van der Waals surface area contributed by atoms with Crippen molar-refractivity contribution in [1.82, 2.24) is 0 Å². The van der Waals surface area contributed by atoms with E-state index in [-0.39, 0.29) is 5.75 Å². The number of hydrogen-bond acceptors (Lipinski definition) is 5. The first kappa shape index (κ1) is 15.3. The highest BCUT2D eigenvalue weighted by molar-refractivity contribution is 8.03. The number of sulfone groups is 1. The van der Waals surface area contributed by atoms with Crippen LogP contribution in [0, 0.1) is 10.7 Å². The number of thiocyanates is 1. The van der Waals surface area contributed by atoms with Crippen LogP contribution in [-0.2, 0) is 14.6 Å². The minimum Gasteiger partial charge on any atom is -0.325 e. The average Bonchev–Trinajstić information content (AvgIpc) is 2.31. The molecule has 0 aliphatic carbocycles. The zero-order chi connectivity index (χ0) is 14.3. The standard InChI is InChI=1S/C12H12N2O3S2/c1-2-7-19(16,17)8-12(15)14-10-3-5-11(6-4-10)18-9-13/h2-6H,1,7-8H2,(H,14,15). The number of anilines is 1. The molecule has 0 aliphatic heterocycles. The first-order valence-corrected chi connectivity index (χ1v) is 7.88. The maximum atomic E-state index is 11.5. The molecule has 0 aromatic heterocycles. The summed E-state index contributed by atoms with van der Waals surface area (Å²) < 4.78 is 22.8. The smallest absolute Gasteiger partial charge is 0.239 e. The van der Waals surface area contributed by atoms with Gasteiger partial charge in [-0.1, -0.05) is 6.08 Å². The highest BCUT2D eigenvalue weighted by atomic mass is 32.2. The van der Waals surface area contributed by atoms with Crippen LogP contribution in [0.1, 0.15) is 0 Å². The van der Waals surface area contributed by atoms with Crippen LogP contribution in [0.25, 0.3) is 0 Å². The quantitative estimate of drug-likeness (QED) is 0.491. The van der Waals surface area contributed by atoms with Crippen molar-refractivity contribution in [3.63, 3.8) is 0 Å². The van der Waals surface area contributed by atoms with Gasteiger partial charge >= 0.3 is 0 Å². The lowest BCUT2D eigenvalue weighted by Gasteiger charge is -2.05. The predicted octanol–water partition coefficient (Wildman–Crippen LogP) is 1.80. The summed E-state index contributed by atoms with van der Waals surface area (Å²) in [6.45, 7) is 3.32. The van der Waals surface area contributed by atoms with Crippen molar-refractivity contribution in [3.8, 4) is 5.40 Å². The van der Waals surface area contributed by atoms with Gasteiger partial charge in [-0.05, 0) is 36.0 Å². The maximum Gasteiger partial charge on any atom is 0.239 e. The molecule has 1 N–H and O–H groups in total. The number of carbonyl (C=O) groups excluding carboxylic acids is 1. The number of hydrogen-bond donors (Lipinski definition) is 1. The zero-order valence-corrected chi connectivity index (χ0v) is 11.6. The fraction of sp³-hybridized carbons (Fsp3) is 0.167. The number of amides is 1. The molecule has 19 heavy (non-hydrogen) atoms. The number of rotatable bonds is 6. The van der Waals surface area contributed by atoms with Crippen LogP contribution in [-0.4, -0.2) is 25.8 Å².